The summed E-state index contributed by atoms with van der Waals surface area (Å²) in [5.41, 5.74) is 7.82. The molecule has 0 spiro atoms. The van der Waals surface area contributed by atoms with Crippen molar-refractivity contribution in [3.8, 4) is 11.5 Å². The first-order valence-electron chi connectivity index (χ1n) is 6.39. The average Bonchev–Trinajstić information content (AvgIpc) is 2.91. The Kier molecular flexibility index (Phi) is 4.06. The Bertz CT molecular complexity index is 576. The van der Waals surface area contributed by atoms with Gasteiger partial charge in [0.1, 0.15) is 0 Å². The number of aromatic nitrogens is 2. The Morgan fingerprint density at radius 1 is 1.32 bits per heavy atom. The summed E-state index contributed by atoms with van der Waals surface area (Å²) in [5, 5.41) is 4.03. The number of hydrogen-bond acceptors (Lipinski definition) is 4. The highest BCUT2D eigenvalue weighted by atomic mass is 79.9. The summed E-state index contributed by atoms with van der Waals surface area (Å²) in [4.78, 5) is 4.44. The summed E-state index contributed by atoms with van der Waals surface area (Å²) in [6.45, 7) is 6.09. The van der Waals surface area contributed by atoms with E-state index in [0.29, 0.717) is 11.7 Å². The third-order valence-electron chi connectivity index (χ3n) is 3.55. The van der Waals surface area contributed by atoms with Gasteiger partial charge in [0.05, 0.1) is 5.54 Å². The molecule has 1 aromatic carbocycles. The van der Waals surface area contributed by atoms with Gasteiger partial charge in [0.15, 0.2) is 5.82 Å². The zero-order chi connectivity index (χ0) is 14.0. The fraction of sp³-hybridized carbons (Fsp3) is 0.429. The van der Waals surface area contributed by atoms with Crippen LogP contribution in [0, 0.1) is 6.92 Å². The summed E-state index contributed by atoms with van der Waals surface area (Å²) >= 11 is 3.50. The van der Waals surface area contributed by atoms with E-state index in [9.17, 15) is 0 Å². The first-order chi connectivity index (χ1) is 9.00. The van der Waals surface area contributed by atoms with Crippen LogP contribution in [0.4, 0.5) is 0 Å². The molecule has 0 bridgehead atoms. The Balaban J connectivity index is 2.38. The molecule has 0 radical (unpaired) electrons. The minimum Gasteiger partial charge on any atom is -0.334 e. The van der Waals surface area contributed by atoms with Crippen LogP contribution in [0.25, 0.3) is 11.5 Å². The summed E-state index contributed by atoms with van der Waals surface area (Å²) in [5.74, 6) is 1.08. The summed E-state index contributed by atoms with van der Waals surface area (Å²) < 4.78 is 6.36. The topological polar surface area (TPSA) is 64.9 Å². The molecular formula is C14H18BrN3O. The highest BCUT2D eigenvalue weighted by Gasteiger charge is 2.29. The number of rotatable bonds is 4. The molecule has 0 saturated heterocycles. The smallest absolute Gasteiger partial charge is 0.258 e. The zero-order valence-corrected chi connectivity index (χ0v) is 13.0. The van der Waals surface area contributed by atoms with Crippen LogP contribution in [-0.2, 0) is 5.54 Å². The van der Waals surface area contributed by atoms with Crippen LogP contribution >= 0.6 is 15.9 Å². The molecule has 102 valence electrons. The molecule has 0 fully saturated rings. The molecule has 0 aliphatic rings. The highest BCUT2D eigenvalue weighted by molar-refractivity contribution is 9.10. The van der Waals surface area contributed by atoms with Gasteiger partial charge in [0, 0.05) is 10.0 Å². The maximum absolute atomic E-state index is 6.27. The van der Waals surface area contributed by atoms with Crippen molar-refractivity contribution in [1.82, 2.24) is 10.1 Å². The van der Waals surface area contributed by atoms with Crippen molar-refractivity contribution in [3.05, 3.63) is 34.1 Å². The van der Waals surface area contributed by atoms with Crippen molar-refractivity contribution < 1.29 is 4.52 Å². The second kappa shape index (κ2) is 5.43. The molecule has 0 atom stereocenters. The maximum Gasteiger partial charge on any atom is 0.258 e. The van der Waals surface area contributed by atoms with Crippen molar-refractivity contribution >= 4 is 15.9 Å². The van der Waals surface area contributed by atoms with Crippen molar-refractivity contribution in [2.45, 2.75) is 39.2 Å². The molecular weight excluding hydrogens is 306 g/mol. The lowest BCUT2D eigenvalue weighted by Crippen LogP contribution is -2.36. The first-order valence-corrected chi connectivity index (χ1v) is 7.19. The van der Waals surface area contributed by atoms with Crippen molar-refractivity contribution in [3.63, 3.8) is 0 Å². The molecule has 4 nitrogen and oxygen atoms in total. The number of nitrogens with zero attached hydrogens (tertiary/aromatic N) is 2. The number of halogens is 1. The molecule has 1 heterocycles. The number of benzene rings is 1. The number of nitrogens with two attached hydrogens (primary N) is 1. The van der Waals surface area contributed by atoms with E-state index in [2.05, 4.69) is 26.1 Å². The van der Waals surface area contributed by atoms with E-state index in [-0.39, 0.29) is 0 Å². The summed E-state index contributed by atoms with van der Waals surface area (Å²) in [6.07, 6.45) is 1.56. The van der Waals surface area contributed by atoms with Gasteiger partial charge in [-0.2, -0.15) is 4.98 Å². The Hall–Kier alpha value is -1.20. The van der Waals surface area contributed by atoms with Crippen LogP contribution in [0.2, 0.25) is 0 Å². The summed E-state index contributed by atoms with van der Waals surface area (Å²) in [7, 11) is 0. The van der Waals surface area contributed by atoms with Crippen LogP contribution in [0.3, 0.4) is 0 Å². The maximum atomic E-state index is 6.27. The lowest BCUT2D eigenvalue weighted by molar-refractivity contribution is 0.350. The van der Waals surface area contributed by atoms with E-state index < -0.39 is 5.54 Å². The van der Waals surface area contributed by atoms with Gasteiger partial charge in [-0.3, -0.25) is 0 Å². The average molecular weight is 324 g/mol. The van der Waals surface area contributed by atoms with E-state index in [1.54, 1.807) is 0 Å². The van der Waals surface area contributed by atoms with Crippen LogP contribution in [-0.4, -0.2) is 10.1 Å². The van der Waals surface area contributed by atoms with Crippen LogP contribution in [0.15, 0.2) is 27.2 Å². The molecule has 2 N–H and O–H groups in total. The Morgan fingerprint density at radius 2 is 2.00 bits per heavy atom. The second-order valence-electron chi connectivity index (χ2n) is 4.75. The molecule has 19 heavy (non-hydrogen) atoms. The SMILES string of the molecule is CCC(N)(CC)c1noc(-c2ccc(C)c(Br)c2)n1. The first kappa shape index (κ1) is 14.2. The van der Waals surface area contributed by atoms with Crippen molar-refractivity contribution in [2.24, 2.45) is 5.73 Å². The lowest BCUT2D eigenvalue weighted by atomic mass is 9.93. The van der Waals surface area contributed by atoms with Crippen LogP contribution < -0.4 is 5.73 Å². The molecule has 0 aliphatic carbocycles. The van der Waals surface area contributed by atoms with Crippen LogP contribution in [0.1, 0.15) is 38.1 Å². The van der Waals surface area contributed by atoms with Gasteiger partial charge in [0.2, 0.25) is 0 Å². The molecule has 1 aromatic heterocycles. The molecule has 5 heteroatoms. The van der Waals surface area contributed by atoms with Gasteiger partial charge in [-0.05, 0) is 37.5 Å². The van der Waals surface area contributed by atoms with Crippen LogP contribution in [0.5, 0.6) is 0 Å². The second-order valence-corrected chi connectivity index (χ2v) is 5.60. The predicted octanol–water partition coefficient (Wildman–Crippen LogP) is 3.78. The standard InChI is InChI=1S/C14H18BrN3O/c1-4-14(16,5-2)13-17-12(19-18-13)10-7-6-9(3)11(15)8-10/h6-8H,4-5,16H2,1-3H3. The van der Waals surface area contributed by atoms with Gasteiger partial charge in [0.25, 0.3) is 5.89 Å². The number of hydrogen-bond donors (Lipinski definition) is 1. The zero-order valence-electron chi connectivity index (χ0n) is 11.4. The molecule has 2 aromatic rings. The van der Waals surface area contributed by atoms with E-state index in [1.807, 2.05) is 39.0 Å². The molecule has 0 amide bonds. The quantitative estimate of drug-likeness (QED) is 0.929. The minimum absolute atomic E-state index is 0.507. The summed E-state index contributed by atoms with van der Waals surface area (Å²) in [6, 6.07) is 5.95. The lowest BCUT2D eigenvalue weighted by Gasteiger charge is -2.21. The van der Waals surface area contributed by atoms with Crippen molar-refractivity contribution in [1.29, 1.82) is 0 Å². The fourth-order valence-electron chi connectivity index (χ4n) is 1.84. The number of aryl methyl sites for hydroxylation is 1. The largest absolute Gasteiger partial charge is 0.334 e. The monoisotopic (exact) mass is 323 g/mol. The normalized spacial score (nSPS) is 11.8. The van der Waals surface area contributed by atoms with E-state index in [4.69, 9.17) is 10.3 Å². The molecule has 0 aliphatic heterocycles. The van der Waals surface area contributed by atoms with E-state index in [0.717, 1.165) is 22.9 Å². The van der Waals surface area contributed by atoms with Gasteiger partial charge in [-0.25, -0.2) is 0 Å². The molecule has 0 saturated carbocycles. The van der Waals surface area contributed by atoms with Crippen molar-refractivity contribution in [2.75, 3.05) is 0 Å². The predicted molar refractivity (Wildman–Crippen MR) is 78.6 cm³/mol. The van der Waals surface area contributed by atoms with E-state index in [1.165, 1.54) is 5.56 Å². The van der Waals surface area contributed by atoms with Gasteiger partial charge in [-0.1, -0.05) is 41.0 Å². The van der Waals surface area contributed by atoms with Gasteiger partial charge < -0.3 is 10.3 Å². The molecule has 0 unspecified atom stereocenters. The Labute approximate surface area is 121 Å². The fourth-order valence-corrected chi connectivity index (χ4v) is 2.21. The minimum atomic E-state index is -0.510. The van der Waals surface area contributed by atoms with Gasteiger partial charge >= 0.3 is 0 Å². The third kappa shape index (κ3) is 2.72. The third-order valence-corrected chi connectivity index (χ3v) is 4.41. The Morgan fingerprint density at radius 3 is 2.58 bits per heavy atom. The highest BCUT2D eigenvalue weighted by Crippen LogP contribution is 2.28. The molecule has 2 rings (SSSR count). The van der Waals surface area contributed by atoms with E-state index >= 15 is 0 Å². The van der Waals surface area contributed by atoms with Gasteiger partial charge in [-0.15, -0.1) is 0 Å².